The van der Waals surface area contributed by atoms with Gasteiger partial charge in [0.2, 0.25) is 5.78 Å². The number of rotatable bonds is 6. The lowest BCUT2D eigenvalue weighted by molar-refractivity contribution is 0.0973. The molecule has 0 unspecified atom stereocenters. The smallest absolute Gasteiger partial charge is 0.298 e. The lowest BCUT2D eigenvalue weighted by Gasteiger charge is -2.20. The summed E-state index contributed by atoms with van der Waals surface area (Å²) in [6.45, 7) is 0. The van der Waals surface area contributed by atoms with Crippen molar-refractivity contribution < 1.29 is 81.3 Å². The lowest BCUT2D eigenvalue weighted by atomic mass is 9.82. The Morgan fingerprint density at radius 1 is 0.423 bits per heavy atom. The molecule has 0 saturated carbocycles. The van der Waals surface area contributed by atoms with Crippen molar-refractivity contribution in [1.82, 2.24) is 0 Å². The minimum atomic E-state index is -4.94. The van der Waals surface area contributed by atoms with E-state index in [0.717, 1.165) is 24.3 Å². The summed E-state index contributed by atoms with van der Waals surface area (Å²) in [7, 11) is -19.0. The van der Waals surface area contributed by atoms with Crippen molar-refractivity contribution in [3.05, 3.63) is 116 Å². The number of fused-ring (bicyclic) bond motifs is 4. The van der Waals surface area contributed by atoms with Gasteiger partial charge in [0.1, 0.15) is 32.8 Å². The molecule has 0 aromatic heterocycles. The highest BCUT2D eigenvalue weighted by Gasteiger charge is 2.38. The van der Waals surface area contributed by atoms with Crippen LogP contribution in [0.4, 0.5) is 0 Å². The Morgan fingerprint density at radius 2 is 0.750 bits per heavy atom. The van der Waals surface area contributed by atoms with Gasteiger partial charge in [0.15, 0.2) is 17.3 Å². The van der Waals surface area contributed by atoms with Crippen LogP contribution in [0.15, 0.2) is 70.5 Å². The minimum absolute atomic E-state index is 0.0913. The van der Waals surface area contributed by atoms with Crippen LogP contribution in [0.3, 0.4) is 0 Å². The number of phenols is 2. The zero-order valence-electron chi connectivity index (χ0n) is 25.4. The second kappa shape index (κ2) is 12.8. The standard InChI is InChI=1S/C16H12O8S2.C14H8O10S2/c17-15-11-3-1-2-4-12(11)16(18)14-6-10(8-26(22,23)24)9(5-13(14)15)7-25(19,20)21;15-11-5-1-3-7(25(19,20)21)12(16)9(5)14(18)10-6(11)2-4-8(13(10)17)26(22,23)24/h1-6H,7-8H2,(H,19,20,21)(H,22,23,24);1-4,16-17H,(H,19,20,21)(H,22,23,24). The maximum atomic E-state index is 12.6. The first-order valence-corrected chi connectivity index (χ1v) is 19.9. The van der Waals surface area contributed by atoms with E-state index in [-0.39, 0.29) is 33.4 Å². The highest BCUT2D eigenvalue weighted by molar-refractivity contribution is 7.86. The normalized spacial score (nSPS) is 14.1. The molecule has 0 saturated heterocycles. The van der Waals surface area contributed by atoms with Crippen LogP contribution in [0.2, 0.25) is 0 Å². The van der Waals surface area contributed by atoms with Gasteiger partial charge in [-0.2, -0.15) is 33.7 Å². The van der Waals surface area contributed by atoms with Crippen molar-refractivity contribution in [2.75, 3.05) is 0 Å². The molecule has 0 fully saturated rings. The monoisotopic (exact) mass is 796 g/mol. The van der Waals surface area contributed by atoms with Gasteiger partial charge in [0.05, 0.1) is 11.1 Å². The Morgan fingerprint density at radius 3 is 1.06 bits per heavy atom. The molecule has 2 aliphatic carbocycles. The van der Waals surface area contributed by atoms with Gasteiger partial charge in [0, 0.05) is 33.4 Å². The average molecular weight is 797 g/mol. The largest absolute Gasteiger partial charge is 0.506 e. The fourth-order valence-electron chi connectivity index (χ4n) is 5.56. The average Bonchev–Trinajstić information content (AvgIpc) is 3.00. The summed E-state index contributed by atoms with van der Waals surface area (Å²) < 4.78 is 126. The van der Waals surface area contributed by atoms with Gasteiger partial charge in [-0.1, -0.05) is 24.3 Å². The molecule has 18 nitrogen and oxygen atoms in total. The number of carbonyl (C=O) groups excluding carboxylic acids is 4. The van der Waals surface area contributed by atoms with E-state index in [9.17, 15) is 63.1 Å². The number of benzene rings is 4. The van der Waals surface area contributed by atoms with E-state index < -0.39 is 119 Å². The van der Waals surface area contributed by atoms with Crippen LogP contribution in [-0.2, 0) is 52.0 Å². The van der Waals surface area contributed by atoms with Crippen molar-refractivity contribution in [2.24, 2.45) is 0 Å². The Kier molecular flexibility index (Phi) is 9.35. The van der Waals surface area contributed by atoms with E-state index in [1.807, 2.05) is 0 Å². The van der Waals surface area contributed by atoms with Crippen molar-refractivity contribution in [3.63, 3.8) is 0 Å². The van der Waals surface area contributed by atoms with E-state index in [4.69, 9.17) is 18.2 Å². The second-order valence-electron chi connectivity index (χ2n) is 11.1. The Labute approximate surface area is 293 Å². The van der Waals surface area contributed by atoms with E-state index in [2.05, 4.69) is 0 Å². The Hall–Kier alpha value is -5.20. The summed E-state index contributed by atoms with van der Waals surface area (Å²) in [4.78, 5) is 48.3. The topological polar surface area (TPSA) is 326 Å². The molecule has 0 radical (unpaired) electrons. The third-order valence-electron chi connectivity index (χ3n) is 7.70. The van der Waals surface area contributed by atoms with Crippen LogP contribution in [0.25, 0.3) is 0 Å². The SMILES string of the molecule is O=C1c2ccc(S(=O)(=O)O)c(O)c2C(=O)c2c1ccc(S(=O)(=O)O)c2O.O=C1c2ccccc2C(=O)c2cc(CS(=O)(=O)O)c(CS(=O)(=O)O)cc21. The molecule has 0 atom stereocenters. The van der Waals surface area contributed by atoms with Crippen LogP contribution in [0.1, 0.15) is 74.8 Å². The molecule has 0 bridgehead atoms. The van der Waals surface area contributed by atoms with Crippen LogP contribution < -0.4 is 0 Å². The van der Waals surface area contributed by atoms with E-state index in [1.165, 1.54) is 12.1 Å². The third-order valence-corrected chi connectivity index (χ3v) is 10.8. The Bertz CT molecular complexity index is 2580. The number of hydrogen-bond acceptors (Lipinski definition) is 14. The van der Waals surface area contributed by atoms with Crippen molar-refractivity contribution >= 4 is 63.6 Å². The summed E-state index contributed by atoms with van der Waals surface area (Å²) >= 11 is 0. The molecule has 2 aliphatic rings. The second-order valence-corrected chi connectivity index (χ2v) is 16.8. The highest BCUT2D eigenvalue weighted by Crippen LogP contribution is 2.41. The maximum Gasteiger partial charge on any atom is 0.298 e. The molecule has 272 valence electrons. The van der Waals surface area contributed by atoms with Gasteiger partial charge >= 0.3 is 0 Å². The van der Waals surface area contributed by atoms with Gasteiger partial charge < -0.3 is 10.2 Å². The first-order chi connectivity index (χ1) is 23.8. The van der Waals surface area contributed by atoms with Gasteiger partial charge in [-0.25, -0.2) is 0 Å². The first-order valence-electron chi connectivity index (χ1n) is 13.8. The van der Waals surface area contributed by atoms with Crippen LogP contribution in [0.5, 0.6) is 11.5 Å². The van der Waals surface area contributed by atoms with Crippen LogP contribution in [0, 0.1) is 0 Å². The molecule has 4 aromatic rings. The van der Waals surface area contributed by atoms with Crippen LogP contribution >= 0.6 is 0 Å². The fourth-order valence-corrected chi connectivity index (χ4v) is 8.06. The highest BCUT2D eigenvalue weighted by atomic mass is 32.2. The number of ketones is 4. The van der Waals surface area contributed by atoms with Gasteiger partial charge in [-0.3, -0.25) is 37.4 Å². The molecule has 0 spiro atoms. The number of aromatic hydroxyl groups is 2. The zero-order valence-corrected chi connectivity index (χ0v) is 28.7. The molecular formula is C30H20O18S4. The summed E-state index contributed by atoms with van der Waals surface area (Å²) in [6.07, 6.45) is 0. The van der Waals surface area contributed by atoms with E-state index >= 15 is 0 Å². The van der Waals surface area contributed by atoms with E-state index in [0.29, 0.717) is 12.1 Å². The first kappa shape index (κ1) is 38.0. The van der Waals surface area contributed by atoms with Crippen LogP contribution in [-0.4, -0.2) is 85.2 Å². The summed E-state index contributed by atoms with van der Waals surface area (Å²) in [5.41, 5.74) is -2.76. The molecule has 6 rings (SSSR count). The minimum Gasteiger partial charge on any atom is -0.506 e. The predicted molar refractivity (Wildman–Crippen MR) is 173 cm³/mol. The van der Waals surface area contributed by atoms with Crippen molar-refractivity contribution in [1.29, 1.82) is 0 Å². The third kappa shape index (κ3) is 7.13. The van der Waals surface area contributed by atoms with Crippen molar-refractivity contribution in [2.45, 2.75) is 21.3 Å². The summed E-state index contributed by atoms with van der Waals surface area (Å²) in [5.74, 6) is -7.61. The molecule has 0 amide bonds. The quantitative estimate of drug-likeness (QED) is 0.130. The molecule has 52 heavy (non-hydrogen) atoms. The fraction of sp³-hybridized carbons (Fsp3) is 0.0667. The molecule has 0 heterocycles. The van der Waals surface area contributed by atoms with Gasteiger partial charge in [-0.05, 0) is 47.5 Å². The molecule has 0 aliphatic heterocycles. The molecule has 6 N–H and O–H groups in total. The number of hydrogen-bond donors (Lipinski definition) is 6. The van der Waals surface area contributed by atoms with Gasteiger partial charge in [0.25, 0.3) is 40.5 Å². The molecule has 4 aromatic carbocycles. The predicted octanol–water partition coefficient (Wildman–Crippen LogP) is 1.60. The Balaban J connectivity index is 0.000000201. The van der Waals surface area contributed by atoms with E-state index in [1.54, 1.807) is 12.1 Å². The van der Waals surface area contributed by atoms with Gasteiger partial charge in [-0.15, -0.1) is 0 Å². The lowest BCUT2D eigenvalue weighted by Crippen LogP contribution is -2.22. The van der Waals surface area contributed by atoms with Crippen molar-refractivity contribution in [3.8, 4) is 11.5 Å². The summed E-state index contributed by atoms with van der Waals surface area (Å²) in [5, 5.41) is 20.1. The summed E-state index contributed by atoms with van der Waals surface area (Å²) in [6, 6.07) is 11.4. The molecular weight excluding hydrogens is 777 g/mol. The zero-order chi connectivity index (χ0) is 38.9. The maximum absolute atomic E-state index is 12.6. The number of carbonyl (C=O) groups is 4. The molecule has 22 heteroatoms. The number of phenolic OH excluding ortho intramolecular Hbond substituents is 2.